The number of ether oxygens (including phenoxy) is 2. The molecule has 0 amide bonds. The van der Waals surface area contributed by atoms with Gasteiger partial charge in [0, 0.05) is 12.8 Å². The molecule has 0 radical (unpaired) electrons. The van der Waals surface area contributed by atoms with Crippen molar-refractivity contribution in [1.82, 2.24) is 0 Å². The average molecular weight is 1200 g/mol. The van der Waals surface area contributed by atoms with E-state index in [-0.39, 0.29) is 64.2 Å². The molecule has 460 valence electrons. The number of carbonyl (C=O) groups excluding carboxylic acids is 2. The van der Waals surface area contributed by atoms with Crippen molar-refractivity contribution in [3.8, 4) is 6.07 Å². The lowest BCUT2D eigenvalue weighted by Gasteiger charge is -2.45. The molecule has 83 heavy (non-hydrogen) atoms. The fourth-order valence-electron chi connectivity index (χ4n) is 11.2. The molecule has 4 aromatic carbocycles. The van der Waals surface area contributed by atoms with Gasteiger partial charge >= 0.3 is 19.8 Å². The number of carbonyl (C=O) groups is 2. The number of hydrogen-bond donors (Lipinski definition) is 0. The number of hydrogen-bond acceptors (Lipinski definition) is 11. The van der Waals surface area contributed by atoms with Gasteiger partial charge in [-0.2, -0.15) is 5.26 Å². The topological polar surface area (TPSA) is 140 Å². The Hall–Kier alpha value is -4.23. The number of benzene rings is 4. The molecular formula is C69H106NO10PSi2. The van der Waals surface area contributed by atoms with Crippen molar-refractivity contribution in [1.29, 1.82) is 5.26 Å². The molecule has 4 rings (SSSR count). The second-order valence-electron chi connectivity index (χ2n) is 24.5. The van der Waals surface area contributed by atoms with Crippen LogP contribution in [0.3, 0.4) is 0 Å². The number of esters is 2. The van der Waals surface area contributed by atoms with E-state index in [1.807, 2.05) is 72.8 Å². The van der Waals surface area contributed by atoms with E-state index in [1.165, 1.54) is 89.9 Å². The van der Waals surface area contributed by atoms with Crippen LogP contribution in [0.25, 0.3) is 0 Å². The maximum Gasteiger partial charge on any atom is 0.475 e. The second-order valence-corrected chi connectivity index (χ2v) is 34.7. The van der Waals surface area contributed by atoms with E-state index in [2.05, 4.69) is 110 Å². The van der Waals surface area contributed by atoms with Crippen LogP contribution < -0.4 is 20.7 Å². The van der Waals surface area contributed by atoms with Crippen molar-refractivity contribution in [2.75, 3.05) is 33.0 Å². The third-order valence-corrected chi connectivity index (χ3v) is 27.3. The van der Waals surface area contributed by atoms with E-state index in [0.29, 0.717) is 12.8 Å². The van der Waals surface area contributed by atoms with Crippen LogP contribution in [0.4, 0.5) is 0 Å². The summed E-state index contributed by atoms with van der Waals surface area (Å²) < 4.78 is 61.3. The molecular weight excluding hydrogens is 1090 g/mol. The van der Waals surface area contributed by atoms with Gasteiger partial charge in [0.1, 0.15) is 25.4 Å². The van der Waals surface area contributed by atoms with E-state index in [9.17, 15) is 14.9 Å². The van der Waals surface area contributed by atoms with Gasteiger partial charge in [-0.25, -0.2) is 4.57 Å². The molecule has 0 fully saturated rings. The van der Waals surface area contributed by atoms with Crippen molar-refractivity contribution >= 4 is 57.1 Å². The fourth-order valence-corrected chi connectivity index (χ4v) is 21.7. The lowest BCUT2D eigenvalue weighted by Crippen LogP contribution is -2.68. The molecule has 0 bridgehead atoms. The monoisotopic (exact) mass is 1200 g/mol. The molecule has 0 saturated heterocycles. The van der Waals surface area contributed by atoms with E-state index in [0.717, 1.165) is 59.3 Å². The number of unbranched alkanes of at least 4 members (excludes halogenated alkanes) is 20. The van der Waals surface area contributed by atoms with Crippen LogP contribution in [0.2, 0.25) is 10.1 Å². The molecule has 0 aliphatic heterocycles. The summed E-state index contributed by atoms with van der Waals surface area (Å²) in [4.78, 5) is 27.3. The van der Waals surface area contributed by atoms with Crippen molar-refractivity contribution in [2.24, 2.45) is 0 Å². The van der Waals surface area contributed by atoms with Gasteiger partial charge in [0.25, 0.3) is 16.6 Å². The Labute approximate surface area is 504 Å². The SMILES string of the molecule is CCCCCCCCCCCCCC(=O)OC[C@@H](COP(=O)(OCCC#N)OC[C@H](COC(=O)CCCCCCCCCCCCC)O[Si](c1ccccc1)(c1ccccc1)C(C)(C)C)O[Si](c1ccccc1)(c1ccccc1)C(C)(C)C. The third kappa shape index (κ3) is 25.0. The van der Waals surface area contributed by atoms with Gasteiger partial charge in [0.05, 0.1) is 32.3 Å². The number of rotatable bonds is 45. The van der Waals surface area contributed by atoms with E-state index < -0.39 is 46.7 Å². The lowest BCUT2D eigenvalue weighted by molar-refractivity contribution is -0.147. The number of nitriles is 1. The van der Waals surface area contributed by atoms with Gasteiger partial charge < -0.3 is 18.3 Å². The first-order valence-corrected chi connectivity index (χ1v) is 37.1. The van der Waals surface area contributed by atoms with Gasteiger partial charge in [-0.05, 0) is 43.7 Å². The Morgan fingerprint density at radius 2 is 0.711 bits per heavy atom. The average Bonchev–Trinajstić information content (AvgIpc) is 1.33. The molecule has 2 atom stereocenters. The van der Waals surface area contributed by atoms with E-state index in [4.69, 9.17) is 31.9 Å². The van der Waals surface area contributed by atoms with Crippen LogP contribution in [0, 0.1) is 11.3 Å². The molecule has 14 heteroatoms. The Bertz CT molecular complexity index is 2190. The highest BCUT2D eigenvalue weighted by Crippen LogP contribution is 2.51. The summed E-state index contributed by atoms with van der Waals surface area (Å²) >= 11 is 0. The van der Waals surface area contributed by atoms with Crippen molar-refractivity contribution < 1.29 is 46.1 Å². The second kappa shape index (κ2) is 39.5. The molecule has 11 nitrogen and oxygen atoms in total. The van der Waals surface area contributed by atoms with Gasteiger partial charge in [0.2, 0.25) is 0 Å². The minimum absolute atomic E-state index is 0.0893. The molecule has 0 saturated carbocycles. The molecule has 0 aliphatic rings. The highest BCUT2D eigenvalue weighted by molar-refractivity contribution is 7.48. The summed E-state index contributed by atoms with van der Waals surface area (Å²) in [6, 6.07) is 42.6. The largest absolute Gasteiger partial charge is 0.475 e. The maximum absolute atomic E-state index is 15.4. The molecule has 0 unspecified atom stereocenters. The van der Waals surface area contributed by atoms with E-state index >= 15 is 4.57 Å². The Morgan fingerprint density at radius 3 is 0.976 bits per heavy atom. The smallest absolute Gasteiger partial charge is 0.463 e. The van der Waals surface area contributed by atoms with Crippen molar-refractivity contribution in [3.05, 3.63) is 121 Å². The molecule has 0 aliphatic carbocycles. The van der Waals surface area contributed by atoms with Crippen molar-refractivity contribution in [2.45, 2.75) is 238 Å². The Balaban J connectivity index is 1.63. The van der Waals surface area contributed by atoms with Crippen molar-refractivity contribution in [3.63, 3.8) is 0 Å². The zero-order valence-electron chi connectivity index (χ0n) is 52.4. The van der Waals surface area contributed by atoms with Gasteiger partial charge in [-0.1, -0.05) is 305 Å². The summed E-state index contributed by atoms with van der Waals surface area (Å²) in [6.07, 6.45) is 24.2. The zero-order valence-corrected chi connectivity index (χ0v) is 55.3. The quantitative estimate of drug-likeness (QED) is 0.0181. The summed E-state index contributed by atoms with van der Waals surface area (Å²) in [7, 11) is -11.2. The predicted octanol–water partition coefficient (Wildman–Crippen LogP) is 16.4. The van der Waals surface area contributed by atoms with Gasteiger partial charge in [-0.3, -0.25) is 23.2 Å². The van der Waals surface area contributed by atoms with Gasteiger partial charge in [-0.15, -0.1) is 0 Å². The minimum atomic E-state index is -4.60. The first kappa shape index (κ1) is 71.3. The number of phosphoric acid groups is 1. The molecule has 0 N–H and O–H groups in total. The highest BCUT2D eigenvalue weighted by Gasteiger charge is 2.53. The molecule has 0 aromatic heterocycles. The standard InChI is InChI=1S/C69H106NO10PSi2/c1-9-11-13-15-17-19-21-23-25-27-41-52-66(71)74-56-60(79-82(68(3,4)5,62-44-33-29-34-45-62)63-46-35-30-36-47-63)58-77-81(73,76-55-43-54-70)78-59-61(57-75-67(72)53-42-28-26-24-22-20-18-16-14-12-10-2)80-83(69(6,7)8,64-48-37-31-38-49-64)65-50-39-32-40-51-65/h29-40,44-51,60-61H,9-28,41-43,52-53,55-59H2,1-8H3/t60-,61-/m0/s1. The molecule has 0 spiro atoms. The van der Waals surface area contributed by atoms with Crippen LogP contribution in [0.5, 0.6) is 0 Å². The number of nitrogens with zero attached hydrogens (tertiary/aromatic N) is 1. The van der Waals surface area contributed by atoms with E-state index in [1.54, 1.807) is 0 Å². The fraction of sp³-hybridized carbons (Fsp3) is 0.609. The van der Waals surface area contributed by atoms with Crippen LogP contribution in [0.1, 0.15) is 216 Å². The Kier molecular flexibility index (Phi) is 33.9. The van der Waals surface area contributed by atoms with Gasteiger partial charge in [0.15, 0.2) is 0 Å². The number of phosphoric ester groups is 1. The summed E-state index contributed by atoms with van der Waals surface area (Å²) in [5.74, 6) is -0.689. The normalized spacial score (nSPS) is 13.1. The lowest BCUT2D eigenvalue weighted by atomic mass is 10.1. The highest BCUT2D eigenvalue weighted by atomic mass is 31.2. The zero-order chi connectivity index (χ0) is 60.1. The predicted molar refractivity (Wildman–Crippen MR) is 345 cm³/mol. The maximum atomic E-state index is 15.4. The molecule has 0 heterocycles. The Morgan fingerprint density at radius 1 is 0.434 bits per heavy atom. The summed E-state index contributed by atoms with van der Waals surface area (Å²) in [5.41, 5.74) is 0. The first-order chi connectivity index (χ1) is 40.0. The van der Waals surface area contributed by atoms with Crippen LogP contribution in [-0.4, -0.2) is 73.8 Å². The van der Waals surface area contributed by atoms with Crippen LogP contribution >= 0.6 is 7.82 Å². The summed E-state index contributed by atoms with van der Waals surface area (Å²) in [6.45, 7) is 16.1. The third-order valence-electron chi connectivity index (χ3n) is 15.7. The summed E-state index contributed by atoms with van der Waals surface area (Å²) in [5, 5.41) is 12.7. The minimum Gasteiger partial charge on any atom is -0.463 e. The van der Waals surface area contributed by atoms with Crippen LogP contribution in [-0.2, 0) is 46.1 Å². The van der Waals surface area contributed by atoms with Crippen LogP contribution in [0.15, 0.2) is 121 Å². The molecule has 4 aromatic rings. The first-order valence-electron chi connectivity index (χ1n) is 31.8.